The van der Waals surface area contributed by atoms with E-state index in [1.807, 2.05) is 30.3 Å². The van der Waals surface area contributed by atoms with E-state index in [1.54, 1.807) is 36.4 Å². The molecular weight excluding hydrogens is 447 g/mol. The molecule has 8 heteroatoms. The van der Waals surface area contributed by atoms with Gasteiger partial charge in [-0.05, 0) is 54.1 Å². The van der Waals surface area contributed by atoms with Crippen LogP contribution in [0.3, 0.4) is 0 Å². The standard InChI is InChI=1S/C27H25FN4O3/c28-23-12-10-19(11-13-23)24(32-14-16-34-17-15-32)18-29-25(33)20-6-8-22(9-7-20)27-31-30-26(35-27)21-4-2-1-3-5-21/h1-13,24H,14-18H2,(H,29,33)/t24-/m0/s1. The van der Waals surface area contributed by atoms with Gasteiger partial charge in [0.15, 0.2) is 0 Å². The van der Waals surface area contributed by atoms with Crippen molar-refractivity contribution in [2.45, 2.75) is 6.04 Å². The predicted molar refractivity (Wildman–Crippen MR) is 129 cm³/mol. The minimum absolute atomic E-state index is 0.0717. The lowest BCUT2D eigenvalue weighted by Crippen LogP contribution is -2.43. The Hall–Kier alpha value is -3.88. The third-order valence-electron chi connectivity index (χ3n) is 6.04. The summed E-state index contributed by atoms with van der Waals surface area (Å²) >= 11 is 0. The molecule has 1 atom stereocenters. The monoisotopic (exact) mass is 472 g/mol. The van der Waals surface area contributed by atoms with Crippen LogP contribution in [-0.2, 0) is 4.74 Å². The zero-order valence-electron chi connectivity index (χ0n) is 19.1. The molecule has 35 heavy (non-hydrogen) atoms. The fraction of sp³-hybridized carbons (Fsp3) is 0.222. The highest BCUT2D eigenvalue weighted by atomic mass is 19.1. The van der Waals surface area contributed by atoms with Crippen LogP contribution >= 0.6 is 0 Å². The minimum atomic E-state index is -0.282. The van der Waals surface area contributed by atoms with Crippen LogP contribution in [0.2, 0.25) is 0 Å². The summed E-state index contributed by atoms with van der Waals surface area (Å²) in [6, 6.07) is 23.0. The van der Waals surface area contributed by atoms with Crippen molar-refractivity contribution in [3.05, 3.63) is 95.8 Å². The molecule has 5 rings (SSSR count). The molecule has 1 N–H and O–H groups in total. The molecule has 0 aliphatic carbocycles. The topological polar surface area (TPSA) is 80.5 Å². The molecule has 1 aromatic heterocycles. The fourth-order valence-corrected chi connectivity index (χ4v) is 4.12. The maximum absolute atomic E-state index is 13.5. The molecule has 3 aromatic carbocycles. The van der Waals surface area contributed by atoms with Gasteiger partial charge in [-0.2, -0.15) is 0 Å². The van der Waals surface area contributed by atoms with E-state index < -0.39 is 0 Å². The van der Waals surface area contributed by atoms with Gasteiger partial charge in [-0.1, -0.05) is 30.3 Å². The molecule has 1 aliphatic heterocycles. The Labute approximate surface area is 202 Å². The SMILES string of the molecule is O=C(NC[C@@H](c1ccc(F)cc1)N1CCOCC1)c1ccc(-c2nnc(-c3ccccc3)o2)cc1. The lowest BCUT2D eigenvalue weighted by molar-refractivity contribution is 0.0162. The molecule has 0 radical (unpaired) electrons. The molecule has 1 saturated heterocycles. The van der Waals surface area contributed by atoms with E-state index in [0.717, 1.165) is 29.8 Å². The van der Waals surface area contributed by atoms with Gasteiger partial charge in [-0.25, -0.2) is 4.39 Å². The highest BCUT2D eigenvalue weighted by Gasteiger charge is 2.23. The lowest BCUT2D eigenvalue weighted by atomic mass is 10.0. The summed E-state index contributed by atoms with van der Waals surface area (Å²) in [5.41, 5.74) is 3.05. The Bertz CT molecular complexity index is 1250. The second kappa shape index (κ2) is 10.6. The molecule has 0 bridgehead atoms. The van der Waals surface area contributed by atoms with Gasteiger partial charge in [0.25, 0.3) is 5.91 Å². The molecule has 2 heterocycles. The van der Waals surface area contributed by atoms with E-state index >= 15 is 0 Å². The van der Waals surface area contributed by atoms with Crippen molar-refractivity contribution in [2.24, 2.45) is 0 Å². The Kier molecular flexibility index (Phi) is 6.92. The highest BCUT2D eigenvalue weighted by Crippen LogP contribution is 2.25. The van der Waals surface area contributed by atoms with Crippen LogP contribution in [-0.4, -0.2) is 53.9 Å². The van der Waals surface area contributed by atoms with Crippen molar-refractivity contribution in [2.75, 3.05) is 32.8 Å². The Balaban J connectivity index is 1.26. The van der Waals surface area contributed by atoms with Crippen molar-refractivity contribution in [3.63, 3.8) is 0 Å². The number of halogens is 1. The fourth-order valence-electron chi connectivity index (χ4n) is 4.12. The summed E-state index contributed by atoms with van der Waals surface area (Å²) in [6.45, 7) is 3.17. The van der Waals surface area contributed by atoms with Gasteiger partial charge in [-0.15, -0.1) is 10.2 Å². The van der Waals surface area contributed by atoms with Crippen molar-refractivity contribution in [1.82, 2.24) is 20.4 Å². The van der Waals surface area contributed by atoms with Crippen LogP contribution < -0.4 is 5.32 Å². The zero-order chi connectivity index (χ0) is 24.0. The molecule has 1 amide bonds. The number of nitrogens with zero attached hydrogens (tertiary/aromatic N) is 3. The van der Waals surface area contributed by atoms with E-state index in [9.17, 15) is 9.18 Å². The summed E-state index contributed by atoms with van der Waals surface area (Å²) in [7, 11) is 0. The smallest absolute Gasteiger partial charge is 0.251 e. The molecule has 178 valence electrons. The third-order valence-corrected chi connectivity index (χ3v) is 6.04. The maximum atomic E-state index is 13.5. The molecule has 0 unspecified atom stereocenters. The summed E-state index contributed by atoms with van der Waals surface area (Å²) in [4.78, 5) is 15.1. The third kappa shape index (κ3) is 5.45. The molecule has 1 aliphatic rings. The Morgan fingerprint density at radius 2 is 1.51 bits per heavy atom. The number of morpholine rings is 1. The average molecular weight is 473 g/mol. The Morgan fingerprint density at radius 3 is 2.17 bits per heavy atom. The summed E-state index contributed by atoms with van der Waals surface area (Å²) in [5.74, 6) is 0.361. The first-order chi connectivity index (χ1) is 17.2. The summed E-state index contributed by atoms with van der Waals surface area (Å²) < 4.78 is 24.7. The first-order valence-electron chi connectivity index (χ1n) is 11.5. The highest BCUT2D eigenvalue weighted by molar-refractivity contribution is 5.94. The number of ether oxygens (including phenoxy) is 1. The van der Waals surface area contributed by atoms with Gasteiger partial charge in [0, 0.05) is 36.3 Å². The van der Waals surface area contributed by atoms with Crippen molar-refractivity contribution >= 4 is 5.91 Å². The molecule has 1 fully saturated rings. The average Bonchev–Trinajstić information content (AvgIpc) is 3.41. The lowest BCUT2D eigenvalue weighted by Gasteiger charge is -2.35. The quantitative estimate of drug-likeness (QED) is 0.431. The van der Waals surface area contributed by atoms with Gasteiger partial charge < -0.3 is 14.5 Å². The first-order valence-corrected chi connectivity index (χ1v) is 11.5. The normalized spacial score (nSPS) is 15.0. The van der Waals surface area contributed by atoms with Crippen molar-refractivity contribution in [1.29, 1.82) is 0 Å². The first kappa shape index (κ1) is 22.9. The van der Waals surface area contributed by atoms with Crippen molar-refractivity contribution < 1.29 is 18.3 Å². The number of nitrogens with one attached hydrogen (secondary N) is 1. The number of hydrogen-bond acceptors (Lipinski definition) is 6. The minimum Gasteiger partial charge on any atom is -0.416 e. The van der Waals surface area contributed by atoms with Gasteiger partial charge in [0.05, 0.1) is 19.3 Å². The Morgan fingerprint density at radius 1 is 0.886 bits per heavy atom. The molecular formula is C27H25FN4O3. The largest absolute Gasteiger partial charge is 0.416 e. The van der Waals surface area contributed by atoms with Crippen LogP contribution in [0.5, 0.6) is 0 Å². The molecule has 4 aromatic rings. The molecule has 7 nitrogen and oxygen atoms in total. The number of carbonyl (C=O) groups is 1. The van der Waals surface area contributed by atoms with Crippen LogP contribution in [0.25, 0.3) is 22.9 Å². The molecule has 0 saturated carbocycles. The van der Waals surface area contributed by atoms with Gasteiger partial charge in [0.2, 0.25) is 11.8 Å². The predicted octanol–water partition coefficient (Wildman–Crippen LogP) is 4.35. The van der Waals surface area contributed by atoms with Gasteiger partial charge in [-0.3, -0.25) is 9.69 Å². The second-order valence-corrected chi connectivity index (χ2v) is 8.28. The van der Waals surface area contributed by atoms with E-state index in [2.05, 4.69) is 20.4 Å². The number of carbonyl (C=O) groups excluding carboxylic acids is 1. The number of aromatic nitrogens is 2. The van der Waals surface area contributed by atoms with Crippen LogP contribution in [0, 0.1) is 5.82 Å². The molecule has 0 spiro atoms. The van der Waals surface area contributed by atoms with E-state index in [1.165, 1.54) is 12.1 Å². The second-order valence-electron chi connectivity index (χ2n) is 8.28. The van der Waals surface area contributed by atoms with Gasteiger partial charge in [0.1, 0.15) is 5.82 Å². The van der Waals surface area contributed by atoms with Crippen molar-refractivity contribution in [3.8, 4) is 22.9 Å². The number of amides is 1. The van der Waals surface area contributed by atoms with Crippen LogP contribution in [0.15, 0.2) is 83.3 Å². The van der Waals surface area contributed by atoms with E-state index in [4.69, 9.17) is 9.15 Å². The maximum Gasteiger partial charge on any atom is 0.251 e. The van der Waals surface area contributed by atoms with E-state index in [0.29, 0.717) is 37.1 Å². The van der Waals surface area contributed by atoms with Gasteiger partial charge >= 0.3 is 0 Å². The van der Waals surface area contributed by atoms with Crippen LogP contribution in [0.4, 0.5) is 4.39 Å². The summed E-state index contributed by atoms with van der Waals surface area (Å²) in [5, 5.41) is 11.3. The number of rotatable bonds is 7. The number of hydrogen-bond donors (Lipinski definition) is 1. The summed E-state index contributed by atoms with van der Waals surface area (Å²) in [6.07, 6.45) is 0. The van der Waals surface area contributed by atoms with E-state index in [-0.39, 0.29) is 17.8 Å². The number of benzene rings is 3. The van der Waals surface area contributed by atoms with Crippen LogP contribution in [0.1, 0.15) is 22.0 Å². The zero-order valence-corrected chi connectivity index (χ0v) is 19.1.